The van der Waals surface area contributed by atoms with Crippen molar-refractivity contribution in [3.05, 3.63) is 33.7 Å². The van der Waals surface area contributed by atoms with E-state index in [2.05, 4.69) is 10.3 Å². The van der Waals surface area contributed by atoms with Gasteiger partial charge in [-0.1, -0.05) is 13.8 Å². The van der Waals surface area contributed by atoms with E-state index in [9.17, 15) is 22.8 Å². The number of carbonyl (C=O) groups is 1. The minimum absolute atomic E-state index is 0.0442. The van der Waals surface area contributed by atoms with Gasteiger partial charge in [0.15, 0.2) is 0 Å². The van der Waals surface area contributed by atoms with E-state index < -0.39 is 22.8 Å². The number of imidazole rings is 1. The molecular formula is C24H31F3N4O3. The molecule has 1 aromatic carbocycles. The number of ether oxygens (including phenoxy) is 1. The zero-order valence-corrected chi connectivity index (χ0v) is 19.5. The Morgan fingerprint density at radius 1 is 1.21 bits per heavy atom. The van der Waals surface area contributed by atoms with Crippen LogP contribution >= 0.6 is 0 Å². The van der Waals surface area contributed by atoms with E-state index in [1.54, 1.807) is 4.90 Å². The predicted octanol–water partition coefficient (Wildman–Crippen LogP) is 3.61. The number of hydrogen-bond donors (Lipinski definition) is 2. The quantitative estimate of drug-likeness (QED) is 0.701. The summed E-state index contributed by atoms with van der Waals surface area (Å²) in [5.74, 6) is -0.0181. The number of amides is 1. The van der Waals surface area contributed by atoms with Crippen LogP contribution in [0.2, 0.25) is 0 Å². The number of halogens is 3. The van der Waals surface area contributed by atoms with Gasteiger partial charge in [-0.05, 0) is 55.7 Å². The van der Waals surface area contributed by atoms with Crippen molar-refractivity contribution in [1.82, 2.24) is 19.8 Å². The molecule has 0 bridgehead atoms. The fourth-order valence-electron chi connectivity index (χ4n) is 6.07. The predicted molar refractivity (Wildman–Crippen MR) is 120 cm³/mol. The number of rotatable bonds is 4. The van der Waals surface area contributed by atoms with Crippen LogP contribution in [-0.2, 0) is 28.9 Å². The molecule has 1 aliphatic carbocycles. The first-order valence-electron chi connectivity index (χ1n) is 12.0. The van der Waals surface area contributed by atoms with Gasteiger partial charge < -0.3 is 19.9 Å². The maximum atomic E-state index is 14.0. The summed E-state index contributed by atoms with van der Waals surface area (Å²) in [5.41, 5.74) is -0.985. The van der Waals surface area contributed by atoms with E-state index in [0.29, 0.717) is 30.0 Å². The van der Waals surface area contributed by atoms with Crippen LogP contribution in [0.5, 0.6) is 0 Å². The Kier molecular flexibility index (Phi) is 5.79. The van der Waals surface area contributed by atoms with Crippen LogP contribution in [0.1, 0.15) is 57.1 Å². The first kappa shape index (κ1) is 23.4. The molecule has 0 spiro atoms. The molecule has 3 aliphatic rings. The topological polar surface area (TPSA) is 79.4 Å². The zero-order valence-electron chi connectivity index (χ0n) is 19.5. The van der Waals surface area contributed by atoms with Gasteiger partial charge in [0.2, 0.25) is 5.91 Å². The molecule has 1 amide bonds. The van der Waals surface area contributed by atoms with Crippen molar-refractivity contribution in [3.63, 3.8) is 0 Å². The van der Waals surface area contributed by atoms with Crippen molar-refractivity contribution < 1.29 is 22.7 Å². The molecule has 2 atom stereocenters. The van der Waals surface area contributed by atoms with E-state index in [0.717, 1.165) is 44.6 Å². The van der Waals surface area contributed by atoms with Gasteiger partial charge >= 0.3 is 11.9 Å². The molecule has 1 saturated carbocycles. The lowest BCUT2D eigenvalue weighted by molar-refractivity contribution is -0.147. The third-order valence-electron chi connectivity index (χ3n) is 8.01. The first-order chi connectivity index (χ1) is 16.1. The molecule has 10 heteroatoms. The van der Waals surface area contributed by atoms with Gasteiger partial charge in [-0.3, -0.25) is 9.36 Å². The second kappa shape index (κ2) is 8.41. The molecule has 3 heterocycles. The van der Waals surface area contributed by atoms with Crippen LogP contribution in [0.3, 0.4) is 0 Å². The minimum atomic E-state index is -4.54. The summed E-state index contributed by atoms with van der Waals surface area (Å²) in [4.78, 5) is 30.6. The van der Waals surface area contributed by atoms with Crippen LogP contribution in [-0.4, -0.2) is 45.7 Å². The Balaban J connectivity index is 1.42. The fourth-order valence-corrected chi connectivity index (χ4v) is 6.07. The highest BCUT2D eigenvalue weighted by Gasteiger charge is 2.50. The molecule has 1 aromatic heterocycles. The number of carbonyl (C=O) groups excluding carboxylic acids is 1. The van der Waals surface area contributed by atoms with Crippen molar-refractivity contribution in [1.29, 1.82) is 0 Å². The van der Waals surface area contributed by atoms with Gasteiger partial charge in [0.1, 0.15) is 6.67 Å². The molecule has 186 valence electrons. The van der Waals surface area contributed by atoms with Gasteiger partial charge in [0, 0.05) is 31.8 Å². The lowest BCUT2D eigenvalue weighted by Gasteiger charge is -2.39. The third kappa shape index (κ3) is 3.94. The van der Waals surface area contributed by atoms with Crippen molar-refractivity contribution in [2.75, 3.05) is 13.2 Å². The Morgan fingerprint density at radius 2 is 1.94 bits per heavy atom. The average Bonchev–Trinajstić information content (AvgIpc) is 3.36. The average molecular weight is 481 g/mol. The highest BCUT2D eigenvalue weighted by molar-refractivity contribution is 5.86. The Morgan fingerprint density at radius 3 is 2.62 bits per heavy atom. The van der Waals surface area contributed by atoms with Crippen LogP contribution in [0.4, 0.5) is 13.2 Å². The second-order valence-corrected chi connectivity index (χ2v) is 10.3. The summed E-state index contributed by atoms with van der Waals surface area (Å²) in [6.45, 7) is 5.66. The molecule has 34 heavy (non-hydrogen) atoms. The zero-order chi connectivity index (χ0) is 24.3. The van der Waals surface area contributed by atoms with Crippen molar-refractivity contribution in [2.24, 2.45) is 11.3 Å². The van der Waals surface area contributed by atoms with Gasteiger partial charge in [0.05, 0.1) is 22.0 Å². The van der Waals surface area contributed by atoms with E-state index in [1.165, 1.54) is 4.57 Å². The summed E-state index contributed by atoms with van der Waals surface area (Å²) < 4.78 is 47.2. The Bertz CT molecular complexity index is 1150. The van der Waals surface area contributed by atoms with E-state index in [-0.39, 0.29) is 36.6 Å². The Hall–Kier alpha value is -2.33. The molecule has 7 nitrogen and oxygen atoms in total. The van der Waals surface area contributed by atoms with Gasteiger partial charge in [-0.25, -0.2) is 4.79 Å². The summed E-state index contributed by atoms with van der Waals surface area (Å²) in [7, 11) is 0. The smallest absolute Gasteiger partial charge is 0.381 e. The fraction of sp³-hybridized carbons (Fsp3) is 0.667. The highest BCUT2D eigenvalue weighted by Crippen LogP contribution is 2.47. The monoisotopic (exact) mass is 480 g/mol. The van der Waals surface area contributed by atoms with Crippen LogP contribution < -0.4 is 11.0 Å². The summed E-state index contributed by atoms with van der Waals surface area (Å²) in [6.07, 6.45) is -0.355. The summed E-state index contributed by atoms with van der Waals surface area (Å²) >= 11 is 0. The van der Waals surface area contributed by atoms with Crippen molar-refractivity contribution >= 4 is 16.9 Å². The van der Waals surface area contributed by atoms with E-state index >= 15 is 0 Å². The second-order valence-electron chi connectivity index (χ2n) is 10.3. The Labute approximate surface area is 195 Å². The van der Waals surface area contributed by atoms with Crippen molar-refractivity contribution in [2.45, 2.75) is 77.4 Å². The number of benzene rings is 1. The minimum Gasteiger partial charge on any atom is -0.381 e. The third-order valence-corrected chi connectivity index (χ3v) is 8.01. The molecule has 5 rings (SSSR count). The maximum absolute atomic E-state index is 14.0. The number of aromatic amines is 1. The number of alkyl halides is 3. The van der Waals surface area contributed by atoms with Gasteiger partial charge in [-0.15, -0.1) is 0 Å². The van der Waals surface area contributed by atoms with Crippen LogP contribution in [0.15, 0.2) is 16.9 Å². The molecule has 2 fully saturated rings. The first-order valence-corrected chi connectivity index (χ1v) is 12.0. The molecule has 2 unspecified atom stereocenters. The number of aromatic nitrogens is 2. The van der Waals surface area contributed by atoms with Gasteiger partial charge in [0.25, 0.3) is 0 Å². The van der Waals surface area contributed by atoms with Gasteiger partial charge in [-0.2, -0.15) is 13.2 Å². The molecule has 2 aromatic rings. The molecular weight excluding hydrogens is 449 g/mol. The number of H-pyrrole nitrogens is 1. The number of nitrogens with zero attached hydrogens (tertiary/aromatic N) is 2. The van der Waals surface area contributed by atoms with Crippen molar-refractivity contribution in [3.8, 4) is 0 Å². The molecule has 1 saturated heterocycles. The summed E-state index contributed by atoms with van der Waals surface area (Å²) in [5, 5.41) is 3.71. The lowest BCUT2D eigenvalue weighted by atomic mass is 9.74. The molecule has 2 aliphatic heterocycles. The number of nitrogens with one attached hydrogen (secondary N) is 2. The number of hydrogen-bond acceptors (Lipinski definition) is 4. The van der Waals surface area contributed by atoms with Crippen LogP contribution in [0, 0.1) is 11.3 Å². The molecule has 0 radical (unpaired) electrons. The largest absolute Gasteiger partial charge is 0.416 e. The summed E-state index contributed by atoms with van der Waals surface area (Å²) in [6, 6.07) is 2.63. The highest BCUT2D eigenvalue weighted by atomic mass is 19.4. The van der Waals surface area contributed by atoms with E-state index in [1.807, 2.05) is 13.8 Å². The van der Waals surface area contributed by atoms with E-state index in [4.69, 9.17) is 4.74 Å². The standard InChI is InChI=1S/C24H31F3N4O3/c1-14(2)23(6-3-18(11-23)28-17-4-7-34-8-5-17)21(32)30-12-15-9-16(24(25,26)27)10-19-20(15)31(13-30)22(33)29-19/h9-10,14,17-18,28H,3-8,11-13H2,1-2H3,(H,29,33). The molecule has 2 N–H and O–H groups in total. The SMILES string of the molecule is CC(C)C1(C(=O)N2Cc3cc(C(F)(F)F)cc4[nH]c(=O)n(c34)C2)CCC(NC2CCOCC2)C1. The maximum Gasteiger partial charge on any atom is 0.416 e. The van der Waals surface area contributed by atoms with Crippen LogP contribution in [0.25, 0.3) is 11.0 Å². The lowest BCUT2D eigenvalue weighted by Crippen LogP contribution is -2.49. The normalized spacial score (nSPS) is 26.1.